The van der Waals surface area contributed by atoms with Gasteiger partial charge in [0.15, 0.2) is 6.10 Å². The van der Waals surface area contributed by atoms with Gasteiger partial charge in [-0.05, 0) is 5.56 Å². The third kappa shape index (κ3) is 2.09. The number of carbonyl (C=O) groups is 1. The minimum absolute atomic E-state index is 0.592. The maximum Gasteiger partial charge on any atom is 0.339 e. The first-order chi connectivity index (χ1) is 6.16. The molecular weight excluding hydrogens is 167 g/mol. The van der Waals surface area contributed by atoms with Gasteiger partial charge in [-0.25, -0.2) is 4.79 Å². The third-order valence-electron chi connectivity index (χ3n) is 1.91. The largest absolute Gasteiger partial charge is 0.467 e. The molecule has 0 fully saturated rings. The molecule has 0 heterocycles. The van der Waals surface area contributed by atoms with Crippen LogP contribution in [0.3, 0.4) is 0 Å². The Hall–Kier alpha value is -1.29. The first-order valence-electron chi connectivity index (χ1n) is 3.98. The van der Waals surface area contributed by atoms with Crippen molar-refractivity contribution in [3.8, 4) is 0 Å². The van der Waals surface area contributed by atoms with Gasteiger partial charge in [-0.15, -0.1) is 0 Å². The molecule has 4 heteroatoms. The molecule has 1 rings (SSSR count). The molecule has 0 aliphatic carbocycles. The highest BCUT2D eigenvalue weighted by atomic mass is 16.5. The van der Waals surface area contributed by atoms with E-state index in [1.807, 2.05) is 20.0 Å². The smallest absolute Gasteiger partial charge is 0.339 e. The summed E-state index contributed by atoms with van der Waals surface area (Å²) in [4.78, 5) is 11.0. The van der Waals surface area contributed by atoms with E-state index in [1.54, 1.807) is 12.1 Å². The van der Waals surface area contributed by atoms with Gasteiger partial charge in [0.1, 0.15) is 7.85 Å². The molecule has 0 saturated heterocycles. The number of hydrogen-bond acceptors (Lipinski definition) is 3. The molecule has 0 bridgehead atoms. The Morgan fingerprint density at radius 2 is 2.15 bits per heavy atom. The van der Waals surface area contributed by atoms with Crippen LogP contribution in [0.1, 0.15) is 11.7 Å². The van der Waals surface area contributed by atoms with Crippen LogP contribution < -0.4 is 5.46 Å². The van der Waals surface area contributed by atoms with Crippen molar-refractivity contribution in [3.05, 3.63) is 29.8 Å². The Morgan fingerprint density at radius 1 is 1.54 bits per heavy atom. The van der Waals surface area contributed by atoms with Gasteiger partial charge in [0.2, 0.25) is 0 Å². The van der Waals surface area contributed by atoms with Crippen LogP contribution in [0.2, 0.25) is 0 Å². The summed E-state index contributed by atoms with van der Waals surface area (Å²) in [5.74, 6) is -0.630. The predicted molar refractivity (Wildman–Crippen MR) is 51.6 cm³/mol. The summed E-state index contributed by atoms with van der Waals surface area (Å²) >= 11 is 0. The molecule has 0 radical (unpaired) electrons. The van der Waals surface area contributed by atoms with Crippen LogP contribution in [0.4, 0.5) is 0 Å². The molecule has 1 atom stereocenters. The van der Waals surface area contributed by atoms with Crippen molar-refractivity contribution in [2.24, 2.45) is 0 Å². The minimum atomic E-state index is -1.17. The highest BCUT2D eigenvalue weighted by molar-refractivity contribution is 6.33. The number of methoxy groups -OCH3 is 1. The summed E-state index contributed by atoms with van der Waals surface area (Å²) in [6.45, 7) is 0. The average Bonchev–Trinajstić information content (AvgIpc) is 2.16. The number of hydrogen-bond donors (Lipinski definition) is 1. The second-order valence-electron chi connectivity index (χ2n) is 2.78. The lowest BCUT2D eigenvalue weighted by Gasteiger charge is -2.10. The normalized spacial score (nSPS) is 12.2. The van der Waals surface area contributed by atoms with Gasteiger partial charge in [-0.2, -0.15) is 0 Å². The summed E-state index contributed by atoms with van der Waals surface area (Å²) in [5.41, 5.74) is 1.47. The summed E-state index contributed by atoms with van der Waals surface area (Å²) in [6.07, 6.45) is -1.17. The van der Waals surface area contributed by atoms with Gasteiger partial charge in [-0.1, -0.05) is 29.7 Å². The highest BCUT2D eigenvalue weighted by Crippen LogP contribution is 2.10. The van der Waals surface area contributed by atoms with Crippen molar-refractivity contribution in [1.29, 1.82) is 0 Å². The van der Waals surface area contributed by atoms with Crippen LogP contribution in [-0.2, 0) is 9.53 Å². The van der Waals surface area contributed by atoms with E-state index >= 15 is 0 Å². The molecule has 1 unspecified atom stereocenters. The first-order valence-corrected chi connectivity index (χ1v) is 3.98. The van der Waals surface area contributed by atoms with Crippen molar-refractivity contribution in [2.45, 2.75) is 6.10 Å². The van der Waals surface area contributed by atoms with Crippen LogP contribution in [0.25, 0.3) is 0 Å². The second-order valence-corrected chi connectivity index (χ2v) is 2.78. The summed E-state index contributed by atoms with van der Waals surface area (Å²) in [7, 11) is 3.09. The van der Waals surface area contributed by atoms with Crippen LogP contribution in [0.15, 0.2) is 24.3 Å². The number of benzene rings is 1. The SMILES string of the molecule is Bc1ccccc1C(O)C(=O)OC. The standard InChI is InChI=1S/C9H11BO3/c1-13-9(12)8(11)6-4-2-3-5-7(6)10/h2-5,8,11H,10H2,1H3. The summed E-state index contributed by atoms with van der Waals surface area (Å²) < 4.78 is 4.43. The summed E-state index contributed by atoms with van der Waals surface area (Å²) in [5, 5.41) is 9.50. The van der Waals surface area contributed by atoms with Crippen molar-refractivity contribution >= 4 is 19.3 Å². The molecule has 1 aromatic rings. The maximum atomic E-state index is 11.0. The highest BCUT2D eigenvalue weighted by Gasteiger charge is 2.18. The Labute approximate surface area is 77.7 Å². The van der Waals surface area contributed by atoms with E-state index < -0.39 is 12.1 Å². The van der Waals surface area contributed by atoms with E-state index in [1.165, 1.54) is 7.11 Å². The molecule has 68 valence electrons. The number of esters is 1. The molecule has 13 heavy (non-hydrogen) atoms. The Kier molecular flexibility index (Phi) is 3.09. The maximum absolute atomic E-state index is 11.0. The fourth-order valence-electron chi connectivity index (χ4n) is 1.13. The zero-order valence-corrected chi connectivity index (χ0v) is 7.65. The zero-order chi connectivity index (χ0) is 9.84. The van der Waals surface area contributed by atoms with Crippen molar-refractivity contribution in [1.82, 2.24) is 0 Å². The predicted octanol–water partition coefficient (Wildman–Crippen LogP) is -0.849. The van der Waals surface area contributed by atoms with Crippen LogP contribution in [0.5, 0.6) is 0 Å². The van der Waals surface area contributed by atoms with E-state index in [-0.39, 0.29) is 0 Å². The van der Waals surface area contributed by atoms with Crippen LogP contribution >= 0.6 is 0 Å². The number of rotatable bonds is 2. The first kappa shape index (κ1) is 9.80. The third-order valence-corrected chi connectivity index (χ3v) is 1.91. The van der Waals surface area contributed by atoms with Gasteiger partial charge in [-0.3, -0.25) is 0 Å². The monoisotopic (exact) mass is 178 g/mol. The lowest BCUT2D eigenvalue weighted by atomic mass is 9.88. The van der Waals surface area contributed by atoms with Crippen LogP contribution in [0, 0.1) is 0 Å². The molecular formula is C9H11BO3. The van der Waals surface area contributed by atoms with Crippen molar-refractivity contribution < 1.29 is 14.6 Å². The quantitative estimate of drug-likeness (QED) is 0.474. The van der Waals surface area contributed by atoms with Gasteiger partial charge < -0.3 is 9.84 Å². The van der Waals surface area contributed by atoms with Crippen molar-refractivity contribution in [2.75, 3.05) is 7.11 Å². The average molecular weight is 178 g/mol. The van der Waals surface area contributed by atoms with Gasteiger partial charge in [0.05, 0.1) is 7.11 Å². The van der Waals surface area contributed by atoms with E-state index in [0.29, 0.717) is 5.56 Å². The number of aliphatic hydroxyl groups is 1. The Morgan fingerprint density at radius 3 is 2.69 bits per heavy atom. The molecule has 0 spiro atoms. The molecule has 0 aliphatic rings. The minimum Gasteiger partial charge on any atom is -0.467 e. The fourth-order valence-corrected chi connectivity index (χ4v) is 1.13. The Balaban J connectivity index is 2.95. The van der Waals surface area contributed by atoms with E-state index in [0.717, 1.165) is 5.46 Å². The molecule has 3 nitrogen and oxygen atoms in total. The molecule has 0 aliphatic heterocycles. The Bertz CT molecular complexity index is 311. The van der Waals surface area contributed by atoms with E-state index in [2.05, 4.69) is 4.74 Å². The molecule has 0 aromatic heterocycles. The topological polar surface area (TPSA) is 46.5 Å². The molecule has 1 aromatic carbocycles. The van der Waals surface area contributed by atoms with Crippen molar-refractivity contribution in [3.63, 3.8) is 0 Å². The molecule has 0 amide bonds. The van der Waals surface area contributed by atoms with Gasteiger partial charge in [0, 0.05) is 0 Å². The van der Waals surface area contributed by atoms with Gasteiger partial charge >= 0.3 is 5.97 Å². The molecule has 1 N–H and O–H groups in total. The van der Waals surface area contributed by atoms with E-state index in [9.17, 15) is 9.90 Å². The van der Waals surface area contributed by atoms with E-state index in [4.69, 9.17) is 0 Å². The zero-order valence-electron chi connectivity index (χ0n) is 7.65. The molecule has 0 saturated carbocycles. The second kappa shape index (κ2) is 4.09. The lowest BCUT2D eigenvalue weighted by molar-refractivity contribution is -0.150. The number of ether oxygens (including phenoxy) is 1. The van der Waals surface area contributed by atoms with Gasteiger partial charge in [0.25, 0.3) is 0 Å². The number of aliphatic hydroxyl groups excluding tert-OH is 1. The lowest BCUT2D eigenvalue weighted by Crippen LogP contribution is -2.21. The fraction of sp³-hybridized carbons (Fsp3) is 0.222. The summed E-state index contributed by atoms with van der Waals surface area (Å²) in [6, 6.07) is 7.16. The number of carbonyl (C=O) groups excluding carboxylic acids is 1. The van der Waals surface area contributed by atoms with Crippen LogP contribution in [-0.4, -0.2) is 26.0 Å².